The molecule has 1 aromatic rings. The number of aryl methyl sites for hydroxylation is 1. The van der Waals surface area contributed by atoms with Crippen molar-refractivity contribution in [3.63, 3.8) is 0 Å². The van der Waals surface area contributed by atoms with Crippen LogP contribution in [-0.4, -0.2) is 34.5 Å². The van der Waals surface area contributed by atoms with Gasteiger partial charge in [0.15, 0.2) is 0 Å². The highest BCUT2D eigenvalue weighted by Gasteiger charge is 2.51. The number of imide groups is 1. The smallest absolute Gasteiger partial charge is 0.240 e. The summed E-state index contributed by atoms with van der Waals surface area (Å²) in [7, 11) is 0. The molecule has 1 fully saturated rings. The van der Waals surface area contributed by atoms with Gasteiger partial charge < -0.3 is 5.11 Å². The molecule has 0 saturated carbocycles. The molecule has 1 aliphatic rings. The van der Waals surface area contributed by atoms with Crippen LogP contribution in [0.25, 0.3) is 0 Å². The lowest BCUT2D eigenvalue weighted by molar-refractivity contribution is -0.141. The van der Waals surface area contributed by atoms with E-state index in [1.807, 2.05) is 45.0 Å². The summed E-state index contributed by atoms with van der Waals surface area (Å²) in [6.45, 7) is 5.86. The zero-order chi connectivity index (χ0) is 15.6. The molecular weight excluding hydrogens is 266 g/mol. The molecule has 2 amide bonds. The minimum Gasteiger partial charge on any atom is -0.391 e. The Morgan fingerprint density at radius 2 is 1.86 bits per heavy atom. The van der Waals surface area contributed by atoms with Crippen LogP contribution in [0, 0.1) is 6.92 Å². The van der Waals surface area contributed by atoms with Gasteiger partial charge in [0.25, 0.3) is 0 Å². The van der Waals surface area contributed by atoms with Crippen molar-refractivity contribution in [3.05, 3.63) is 35.4 Å². The monoisotopic (exact) mass is 289 g/mol. The van der Waals surface area contributed by atoms with E-state index in [9.17, 15) is 14.7 Å². The Bertz CT molecular complexity index is 537. The van der Waals surface area contributed by atoms with Gasteiger partial charge in [-0.1, -0.05) is 43.7 Å². The number of likely N-dealkylation sites (tertiary alicyclic amines) is 1. The molecule has 4 heteroatoms. The van der Waals surface area contributed by atoms with Crippen LogP contribution >= 0.6 is 0 Å². The number of benzene rings is 1. The van der Waals surface area contributed by atoms with Gasteiger partial charge >= 0.3 is 0 Å². The Morgan fingerprint density at radius 3 is 2.38 bits per heavy atom. The van der Waals surface area contributed by atoms with Gasteiger partial charge in [-0.15, -0.1) is 0 Å². The van der Waals surface area contributed by atoms with Crippen LogP contribution in [0.5, 0.6) is 0 Å². The molecule has 1 N–H and O–H groups in total. The number of β-amino-alcohol motifs (C(OH)–C–C–N with tert-alkyl or cyclic N) is 1. The molecule has 1 heterocycles. The summed E-state index contributed by atoms with van der Waals surface area (Å²) < 4.78 is 0. The fourth-order valence-corrected chi connectivity index (χ4v) is 2.90. The first kappa shape index (κ1) is 15.7. The normalized spacial score (nSPS) is 23.7. The van der Waals surface area contributed by atoms with Gasteiger partial charge in [0.1, 0.15) is 0 Å². The quantitative estimate of drug-likeness (QED) is 0.845. The molecule has 0 unspecified atom stereocenters. The van der Waals surface area contributed by atoms with E-state index < -0.39 is 11.5 Å². The highest BCUT2D eigenvalue weighted by molar-refractivity contribution is 6.09. The molecule has 4 nitrogen and oxygen atoms in total. The van der Waals surface area contributed by atoms with Crippen molar-refractivity contribution >= 4 is 11.8 Å². The lowest BCUT2D eigenvalue weighted by Crippen LogP contribution is -2.41. The summed E-state index contributed by atoms with van der Waals surface area (Å²) in [5, 5.41) is 9.76. The molecule has 0 radical (unpaired) electrons. The van der Waals surface area contributed by atoms with Gasteiger partial charge in [0.05, 0.1) is 18.1 Å². The first-order chi connectivity index (χ1) is 9.94. The van der Waals surface area contributed by atoms with E-state index in [0.717, 1.165) is 11.1 Å². The molecule has 0 aromatic heterocycles. The molecule has 21 heavy (non-hydrogen) atoms. The van der Waals surface area contributed by atoms with E-state index in [0.29, 0.717) is 12.8 Å². The molecular formula is C17H23NO3. The Balaban J connectivity index is 2.35. The fourth-order valence-electron chi connectivity index (χ4n) is 2.90. The molecule has 2 atom stereocenters. The van der Waals surface area contributed by atoms with Crippen molar-refractivity contribution < 1.29 is 14.7 Å². The third-order valence-corrected chi connectivity index (χ3v) is 4.48. The average molecular weight is 289 g/mol. The Kier molecular flexibility index (Phi) is 4.47. The highest BCUT2D eigenvalue weighted by atomic mass is 16.3. The predicted octanol–water partition coefficient (Wildman–Crippen LogP) is 2.17. The van der Waals surface area contributed by atoms with E-state index >= 15 is 0 Å². The van der Waals surface area contributed by atoms with Crippen molar-refractivity contribution in [1.29, 1.82) is 0 Å². The maximum atomic E-state index is 12.8. The molecule has 2 rings (SSSR count). The van der Waals surface area contributed by atoms with E-state index in [1.54, 1.807) is 0 Å². The third kappa shape index (κ3) is 2.72. The van der Waals surface area contributed by atoms with E-state index in [1.165, 1.54) is 4.90 Å². The molecule has 0 aliphatic carbocycles. The average Bonchev–Trinajstić information content (AvgIpc) is 2.73. The second kappa shape index (κ2) is 5.98. The number of carbonyl (C=O) groups excluding carboxylic acids is 2. The van der Waals surface area contributed by atoms with Crippen molar-refractivity contribution in [2.75, 3.05) is 6.54 Å². The van der Waals surface area contributed by atoms with E-state index in [4.69, 9.17) is 0 Å². The largest absolute Gasteiger partial charge is 0.391 e. The molecule has 114 valence electrons. The van der Waals surface area contributed by atoms with Gasteiger partial charge in [0, 0.05) is 6.42 Å². The second-order valence-corrected chi connectivity index (χ2v) is 5.85. The summed E-state index contributed by atoms with van der Waals surface area (Å²) in [5.41, 5.74) is 1.25. The Hall–Kier alpha value is -1.68. The zero-order valence-electron chi connectivity index (χ0n) is 12.9. The summed E-state index contributed by atoms with van der Waals surface area (Å²) >= 11 is 0. The minimum absolute atomic E-state index is 0.0990. The summed E-state index contributed by atoms with van der Waals surface area (Å²) in [5.74, 6) is -0.360. The lowest BCUT2D eigenvalue weighted by atomic mass is 9.76. The summed E-state index contributed by atoms with van der Waals surface area (Å²) in [6, 6.07) is 7.80. The molecule has 0 bridgehead atoms. The first-order valence-electron chi connectivity index (χ1n) is 7.54. The van der Waals surface area contributed by atoms with Gasteiger partial charge in [-0.05, 0) is 25.3 Å². The highest BCUT2D eigenvalue weighted by Crippen LogP contribution is 2.39. The number of carbonyl (C=O) groups is 2. The van der Waals surface area contributed by atoms with Crippen molar-refractivity contribution in [2.45, 2.75) is 51.6 Å². The zero-order valence-corrected chi connectivity index (χ0v) is 12.9. The third-order valence-electron chi connectivity index (χ3n) is 4.48. The second-order valence-electron chi connectivity index (χ2n) is 5.85. The minimum atomic E-state index is -0.766. The van der Waals surface area contributed by atoms with Gasteiger partial charge in [-0.3, -0.25) is 14.5 Å². The molecule has 1 aromatic carbocycles. The van der Waals surface area contributed by atoms with Crippen molar-refractivity contribution in [2.24, 2.45) is 0 Å². The molecule has 0 spiro atoms. The SMILES string of the molecule is CC[C@@H](O)CN1C(=O)C[C@](CC)(c2ccc(C)cc2)C1=O. The van der Waals surface area contributed by atoms with Crippen molar-refractivity contribution in [3.8, 4) is 0 Å². The van der Waals surface area contributed by atoms with E-state index in [2.05, 4.69) is 0 Å². The van der Waals surface area contributed by atoms with Crippen LogP contribution in [0.4, 0.5) is 0 Å². The first-order valence-corrected chi connectivity index (χ1v) is 7.54. The number of aliphatic hydroxyl groups is 1. The Labute approximate surface area is 125 Å². The predicted molar refractivity (Wildman–Crippen MR) is 80.8 cm³/mol. The maximum absolute atomic E-state index is 12.8. The lowest BCUT2D eigenvalue weighted by Gasteiger charge is -2.26. The standard InChI is InChI=1S/C17H23NO3/c1-4-14(19)11-18-15(20)10-17(5-2,16(18)21)13-8-6-12(3)7-9-13/h6-9,14,19H,4-5,10-11H2,1-3H3/t14-,17-/m1/s1. The molecule has 1 aliphatic heterocycles. The summed E-state index contributed by atoms with van der Waals surface area (Å²) in [4.78, 5) is 26.3. The van der Waals surface area contributed by atoms with Gasteiger partial charge in [-0.25, -0.2) is 0 Å². The number of hydrogen-bond acceptors (Lipinski definition) is 3. The Morgan fingerprint density at radius 1 is 1.24 bits per heavy atom. The van der Waals surface area contributed by atoms with Crippen LogP contribution in [0.2, 0.25) is 0 Å². The fraction of sp³-hybridized carbons (Fsp3) is 0.529. The maximum Gasteiger partial charge on any atom is 0.240 e. The summed E-state index contributed by atoms with van der Waals surface area (Å²) in [6.07, 6.45) is 0.658. The number of rotatable bonds is 5. The number of aliphatic hydroxyl groups excluding tert-OH is 1. The van der Waals surface area contributed by atoms with Crippen LogP contribution < -0.4 is 0 Å². The van der Waals surface area contributed by atoms with Crippen molar-refractivity contribution in [1.82, 2.24) is 4.90 Å². The molecule has 1 saturated heterocycles. The topological polar surface area (TPSA) is 57.6 Å². The number of nitrogens with zero attached hydrogens (tertiary/aromatic N) is 1. The van der Waals surface area contributed by atoms with E-state index in [-0.39, 0.29) is 24.8 Å². The van der Waals surface area contributed by atoms with Gasteiger partial charge in [0.2, 0.25) is 11.8 Å². The van der Waals surface area contributed by atoms with Crippen LogP contribution in [0.3, 0.4) is 0 Å². The number of amides is 2. The van der Waals surface area contributed by atoms with Crippen LogP contribution in [0.1, 0.15) is 44.2 Å². The van der Waals surface area contributed by atoms with Crippen LogP contribution in [0.15, 0.2) is 24.3 Å². The van der Waals surface area contributed by atoms with Gasteiger partial charge in [-0.2, -0.15) is 0 Å². The number of hydrogen-bond donors (Lipinski definition) is 1. The van der Waals surface area contributed by atoms with Crippen LogP contribution in [-0.2, 0) is 15.0 Å².